The maximum atomic E-state index is 5.41. The number of nitrogens with zero attached hydrogens (tertiary/aromatic N) is 2. The molecule has 0 spiro atoms. The van der Waals surface area contributed by atoms with Gasteiger partial charge in [0.15, 0.2) is 0 Å². The zero-order valence-corrected chi connectivity index (χ0v) is 13.2. The fourth-order valence-electron chi connectivity index (χ4n) is 2.29. The molecule has 6 heteroatoms. The number of rotatable bonds is 5. The van der Waals surface area contributed by atoms with E-state index in [1.165, 1.54) is 0 Å². The van der Waals surface area contributed by atoms with Crippen LogP contribution in [0.15, 0.2) is 17.2 Å². The highest BCUT2D eigenvalue weighted by Crippen LogP contribution is 2.32. The highest BCUT2D eigenvalue weighted by Gasteiger charge is 2.16. The number of nitrogens with one attached hydrogen (secondary N) is 1. The molecule has 1 aromatic rings. The molecule has 0 unspecified atom stereocenters. The first-order chi connectivity index (χ1) is 10.2. The second kappa shape index (κ2) is 7.17. The van der Waals surface area contributed by atoms with Crippen LogP contribution >= 0.6 is 0 Å². The van der Waals surface area contributed by atoms with E-state index < -0.39 is 0 Å². The summed E-state index contributed by atoms with van der Waals surface area (Å²) >= 11 is 0. The van der Waals surface area contributed by atoms with Crippen molar-refractivity contribution in [2.45, 2.75) is 0 Å². The average molecular weight is 294 g/mol. The van der Waals surface area contributed by atoms with Gasteiger partial charge in [-0.3, -0.25) is 5.01 Å². The lowest BCUT2D eigenvalue weighted by Crippen LogP contribution is -3.11. The summed E-state index contributed by atoms with van der Waals surface area (Å²) < 4.78 is 16.1. The van der Waals surface area contributed by atoms with Gasteiger partial charge < -0.3 is 19.1 Å². The molecular formula is C15H24N3O3+. The minimum Gasteiger partial charge on any atom is -0.496 e. The van der Waals surface area contributed by atoms with Gasteiger partial charge in [0.2, 0.25) is 0 Å². The SMILES string of the molecule is COc1cc(OC)c(/C=N\N2CC[NH+](C)CC2)c(OC)c1. The van der Waals surface area contributed by atoms with Crippen molar-refractivity contribution in [1.29, 1.82) is 0 Å². The summed E-state index contributed by atoms with van der Waals surface area (Å²) in [6.07, 6.45) is 1.80. The number of ether oxygens (including phenoxy) is 3. The van der Waals surface area contributed by atoms with Crippen molar-refractivity contribution in [2.24, 2.45) is 5.10 Å². The van der Waals surface area contributed by atoms with Gasteiger partial charge >= 0.3 is 0 Å². The minimum atomic E-state index is 0.690. The second-order valence-electron chi connectivity index (χ2n) is 5.10. The first-order valence-electron chi connectivity index (χ1n) is 7.08. The van der Waals surface area contributed by atoms with Crippen molar-refractivity contribution in [2.75, 3.05) is 54.6 Å². The maximum Gasteiger partial charge on any atom is 0.135 e. The lowest BCUT2D eigenvalue weighted by atomic mass is 10.2. The van der Waals surface area contributed by atoms with Crippen molar-refractivity contribution < 1.29 is 19.1 Å². The van der Waals surface area contributed by atoms with Crippen molar-refractivity contribution in [3.8, 4) is 17.2 Å². The largest absolute Gasteiger partial charge is 0.496 e. The quantitative estimate of drug-likeness (QED) is 0.769. The Morgan fingerprint density at radius 3 is 2.10 bits per heavy atom. The van der Waals surface area contributed by atoms with Crippen molar-refractivity contribution >= 4 is 6.21 Å². The predicted molar refractivity (Wildman–Crippen MR) is 81.9 cm³/mol. The molecule has 116 valence electrons. The van der Waals surface area contributed by atoms with E-state index in [1.807, 2.05) is 12.1 Å². The number of piperazine rings is 1. The second-order valence-corrected chi connectivity index (χ2v) is 5.10. The number of hydrogen-bond donors (Lipinski definition) is 1. The molecule has 0 amide bonds. The standard InChI is InChI=1S/C15H23N3O3/c1-17-5-7-18(8-6-17)16-11-13-14(20-3)9-12(19-2)10-15(13)21-4/h9-11H,5-8H2,1-4H3/p+1/b16-11-. The van der Waals surface area contributed by atoms with Gasteiger partial charge in [-0.2, -0.15) is 5.10 Å². The van der Waals surface area contributed by atoms with Crippen LogP contribution in [0.3, 0.4) is 0 Å². The van der Waals surface area contributed by atoms with Crippen molar-refractivity contribution in [3.05, 3.63) is 17.7 Å². The summed E-state index contributed by atoms with van der Waals surface area (Å²) in [7, 11) is 7.08. The Labute approximate surface area is 125 Å². The molecule has 0 radical (unpaired) electrons. The first-order valence-corrected chi connectivity index (χ1v) is 7.08. The number of methoxy groups -OCH3 is 3. The molecule has 6 nitrogen and oxygen atoms in total. The highest BCUT2D eigenvalue weighted by atomic mass is 16.5. The van der Waals surface area contributed by atoms with Crippen LogP contribution in [-0.4, -0.2) is 65.8 Å². The number of likely N-dealkylation sites (N-methyl/N-ethyl adjacent to an activating group) is 1. The molecule has 0 saturated carbocycles. The fraction of sp³-hybridized carbons (Fsp3) is 0.533. The molecule has 1 heterocycles. The third-order valence-electron chi connectivity index (χ3n) is 3.70. The van der Waals surface area contributed by atoms with Gasteiger partial charge in [-0.15, -0.1) is 0 Å². The fourth-order valence-corrected chi connectivity index (χ4v) is 2.29. The van der Waals surface area contributed by atoms with Crippen LogP contribution in [0.2, 0.25) is 0 Å². The molecule has 1 saturated heterocycles. The summed E-state index contributed by atoms with van der Waals surface area (Å²) in [6.45, 7) is 4.13. The van der Waals surface area contributed by atoms with Gasteiger partial charge in [0, 0.05) is 12.1 Å². The van der Waals surface area contributed by atoms with Gasteiger partial charge in [0.1, 0.15) is 17.2 Å². The zero-order valence-electron chi connectivity index (χ0n) is 13.2. The predicted octanol–water partition coefficient (Wildman–Crippen LogP) is -0.123. The molecule has 1 aromatic carbocycles. The molecule has 0 aromatic heterocycles. The normalized spacial score (nSPS) is 16.3. The highest BCUT2D eigenvalue weighted by molar-refractivity contribution is 5.88. The van der Waals surface area contributed by atoms with Crippen molar-refractivity contribution in [1.82, 2.24) is 5.01 Å². The van der Waals surface area contributed by atoms with Gasteiger partial charge in [-0.25, -0.2) is 0 Å². The molecule has 0 aliphatic carbocycles. The van der Waals surface area contributed by atoms with Crippen LogP contribution in [0, 0.1) is 0 Å². The van der Waals surface area contributed by atoms with Gasteiger partial charge in [0.25, 0.3) is 0 Å². The Balaban J connectivity index is 2.21. The molecule has 1 aliphatic rings. The number of quaternary nitrogens is 1. The van der Waals surface area contributed by atoms with Gasteiger partial charge in [-0.05, 0) is 0 Å². The van der Waals surface area contributed by atoms with Gasteiger partial charge in [-0.1, -0.05) is 0 Å². The number of hydrazone groups is 1. The molecule has 1 N–H and O–H groups in total. The van der Waals surface area contributed by atoms with E-state index in [9.17, 15) is 0 Å². The molecule has 21 heavy (non-hydrogen) atoms. The Morgan fingerprint density at radius 1 is 1.05 bits per heavy atom. The third kappa shape index (κ3) is 3.78. The molecular weight excluding hydrogens is 270 g/mol. The lowest BCUT2D eigenvalue weighted by molar-refractivity contribution is -0.884. The Morgan fingerprint density at radius 2 is 1.62 bits per heavy atom. The number of benzene rings is 1. The molecule has 2 rings (SSSR count). The van der Waals surface area contributed by atoms with E-state index >= 15 is 0 Å². The Hall–Kier alpha value is -1.95. The summed E-state index contributed by atoms with van der Waals surface area (Å²) in [5.41, 5.74) is 0.826. The average Bonchev–Trinajstić information content (AvgIpc) is 2.53. The number of hydrogen-bond acceptors (Lipinski definition) is 5. The zero-order chi connectivity index (χ0) is 15.2. The van der Waals surface area contributed by atoms with Crippen LogP contribution in [-0.2, 0) is 0 Å². The topological polar surface area (TPSA) is 47.7 Å². The maximum absolute atomic E-state index is 5.41. The lowest BCUT2D eigenvalue weighted by Gasteiger charge is -2.27. The van der Waals surface area contributed by atoms with Crippen LogP contribution in [0.1, 0.15) is 5.56 Å². The van der Waals surface area contributed by atoms with E-state index in [1.54, 1.807) is 32.4 Å². The minimum absolute atomic E-state index is 0.690. The van der Waals surface area contributed by atoms with E-state index in [0.29, 0.717) is 17.2 Å². The summed E-state index contributed by atoms with van der Waals surface area (Å²) in [4.78, 5) is 1.54. The summed E-state index contributed by atoms with van der Waals surface area (Å²) in [5.74, 6) is 2.08. The van der Waals surface area contributed by atoms with Crippen LogP contribution < -0.4 is 19.1 Å². The van der Waals surface area contributed by atoms with Crippen LogP contribution in [0.5, 0.6) is 17.2 Å². The van der Waals surface area contributed by atoms with Crippen LogP contribution in [0.4, 0.5) is 0 Å². The van der Waals surface area contributed by atoms with E-state index in [-0.39, 0.29) is 0 Å². The summed E-state index contributed by atoms with van der Waals surface area (Å²) in [5, 5.41) is 6.63. The van der Waals surface area contributed by atoms with Crippen LogP contribution in [0.25, 0.3) is 0 Å². The van der Waals surface area contributed by atoms with Crippen molar-refractivity contribution in [3.63, 3.8) is 0 Å². The first kappa shape index (κ1) is 15.4. The molecule has 0 atom stereocenters. The smallest absolute Gasteiger partial charge is 0.135 e. The van der Waals surface area contributed by atoms with E-state index in [0.717, 1.165) is 31.7 Å². The molecule has 1 fully saturated rings. The Bertz CT molecular complexity index is 472. The van der Waals surface area contributed by atoms with E-state index in [4.69, 9.17) is 14.2 Å². The molecule has 1 aliphatic heterocycles. The van der Waals surface area contributed by atoms with Gasteiger partial charge in [0.05, 0.1) is 66.3 Å². The Kier molecular flexibility index (Phi) is 5.27. The summed E-state index contributed by atoms with van der Waals surface area (Å²) in [6, 6.07) is 3.66. The molecule has 0 bridgehead atoms. The monoisotopic (exact) mass is 294 g/mol. The third-order valence-corrected chi connectivity index (χ3v) is 3.70. The van der Waals surface area contributed by atoms with E-state index in [2.05, 4.69) is 17.2 Å².